The van der Waals surface area contributed by atoms with Crippen LogP contribution in [-0.2, 0) is 0 Å². The standard InChI is InChI=1S/C12H19NS/c1-10(2)6-5-9-14-12-8-4-3-7-11(12)13/h3-4,7-8,10H,5-6,9,13H2,1-2H3. The Balaban J connectivity index is 2.28. The van der Waals surface area contributed by atoms with Gasteiger partial charge in [0.25, 0.3) is 0 Å². The van der Waals surface area contributed by atoms with E-state index in [2.05, 4.69) is 19.9 Å². The van der Waals surface area contributed by atoms with Crippen molar-refractivity contribution in [1.82, 2.24) is 0 Å². The molecular weight excluding hydrogens is 190 g/mol. The van der Waals surface area contributed by atoms with Gasteiger partial charge in [-0.3, -0.25) is 0 Å². The molecule has 1 aromatic rings. The van der Waals surface area contributed by atoms with Crippen molar-refractivity contribution in [3.63, 3.8) is 0 Å². The molecule has 0 aliphatic rings. The molecule has 2 heteroatoms. The lowest BCUT2D eigenvalue weighted by atomic mass is 10.1. The Labute approximate surface area is 91.1 Å². The molecule has 1 rings (SSSR count). The van der Waals surface area contributed by atoms with Crippen LogP contribution in [0.2, 0.25) is 0 Å². The van der Waals surface area contributed by atoms with Gasteiger partial charge < -0.3 is 5.73 Å². The Morgan fingerprint density at radius 3 is 2.64 bits per heavy atom. The van der Waals surface area contributed by atoms with Gasteiger partial charge in [0.15, 0.2) is 0 Å². The minimum Gasteiger partial charge on any atom is -0.398 e. The van der Waals surface area contributed by atoms with E-state index in [-0.39, 0.29) is 0 Å². The van der Waals surface area contributed by atoms with Crippen LogP contribution in [0.15, 0.2) is 29.2 Å². The molecule has 0 aliphatic heterocycles. The minimum atomic E-state index is 0.809. The van der Waals surface area contributed by atoms with Crippen LogP contribution in [0.3, 0.4) is 0 Å². The highest BCUT2D eigenvalue weighted by Gasteiger charge is 1.99. The van der Waals surface area contributed by atoms with E-state index in [1.807, 2.05) is 30.0 Å². The summed E-state index contributed by atoms with van der Waals surface area (Å²) in [6.45, 7) is 4.53. The summed E-state index contributed by atoms with van der Waals surface area (Å²) in [6.07, 6.45) is 2.58. The Kier molecular flexibility index (Phi) is 4.88. The first-order valence-electron chi connectivity index (χ1n) is 5.17. The molecule has 0 bridgehead atoms. The summed E-state index contributed by atoms with van der Waals surface area (Å²) >= 11 is 1.86. The summed E-state index contributed by atoms with van der Waals surface area (Å²) in [5, 5.41) is 0. The van der Waals surface area contributed by atoms with Crippen molar-refractivity contribution in [2.24, 2.45) is 5.92 Å². The first-order chi connectivity index (χ1) is 6.70. The molecule has 0 atom stereocenters. The van der Waals surface area contributed by atoms with Gasteiger partial charge >= 0.3 is 0 Å². The molecule has 0 aliphatic carbocycles. The molecule has 0 heterocycles. The van der Waals surface area contributed by atoms with Gasteiger partial charge in [-0.25, -0.2) is 0 Å². The molecule has 0 unspecified atom stereocenters. The molecule has 2 N–H and O–H groups in total. The van der Waals surface area contributed by atoms with Crippen LogP contribution in [0, 0.1) is 5.92 Å². The summed E-state index contributed by atoms with van der Waals surface area (Å²) in [5.74, 6) is 1.98. The fourth-order valence-electron chi connectivity index (χ4n) is 1.29. The predicted molar refractivity (Wildman–Crippen MR) is 65.7 cm³/mol. The first-order valence-corrected chi connectivity index (χ1v) is 6.16. The van der Waals surface area contributed by atoms with E-state index >= 15 is 0 Å². The maximum atomic E-state index is 5.84. The third-order valence-corrected chi connectivity index (χ3v) is 3.28. The van der Waals surface area contributed by atoms with Crippen LogP contribution >= 0.6 is 11.8 Å². The zero-order chi connectivity index (χ0) is 10.4. The average molecular weight is 209 g/mol. The van der Waals surface area contributed by atoms with Crippen molar-refractivity contribution in [3.8, 4) is 0 Å². The average Bonchev–Trinajstić information content (AvgIpc) is 2.15. The Bertz CT molecular complexity index is 271. The van der Waals surface area contributed by atoms with E-state index in [1.54, 1.807) is 0 Å². The van der Waals surface area contributed by atoms with Crippen LogP contribution in [0.25, 0.3) is 0 Å². The van der Waals surface area contributed by atoms with Gasteiger partial charge in [0.2, 0.25) is 0 Å². The number of hydrogen-bond donors (Lipinski definition) is 1. The zero-order valence-corrected chi connectivity index (χ0v) is 9.81. The van der Waals surface area contributed by atoms with E-state index in [0.29, 0.717) is 0 Å². The number of nitrogen functional groups attached to an aromatic ring is 1. The van der Waals surface area contributed by atoms with Gasteiger partial charge in [0.1, 0.15) is 0 Å². The third kappa shape index (κ3) is 4.05. The summed E-state index contributed by atoms with van der Waals surface area (Å²) in [6, 6.07) is 8.08. The molecule has 0 saturated carbocycles. The summed E-state index contributed by atoms with van der Waals surface area (Å²) in [7, 11) is 0. The molecule has 0 aromatic heterocycles. The third-order valence-electron chi connectivity index (χ3n) is 2.10. The second-order valence-corrected chi connectivity index (χ2v) is 5.06. The number of benzene rings is 1. The Morgan fingerprint density at radius 2 is 2.00 bits per heavy atom. The summed E-state index contributed by atoms with van der Waals surface area (Å²) < 4.78 is 0. The highest BCUT2D eigenvalue weighted by atomic mass is 32.2. The van der Waals surface area contributed by atoms with Crippen molar-refractivity contribution in [2.75, 3.05) is 11.5 Å². The van der Waals surface area contributed by atoms with Crippen molar-refractivity contribution >= 4 is 17.4 Å². The summed E-state index contributed by atoms with van der Waals surface area (Å²) in [4.78, 5) is 1.22. The molecule has 0 radical (unpaired) electrons. The second-order valence-electron chi connectivity index (χ2n) is 3.92. The first kappa shape index (κ1) is 11.4. The van der Waals surface area contributed by atoms with Gasteiger partial charge in [-0.15, -0.1) is 11.8 Å². The van der Waals surface area contributed by atoms with E-state index in [0.717, 1.165) is 11.6 Å². The maximum Gasteiger partial charge on any atom is 0.0452 e. The highest BCUT2D eigenvalue weighted by molar-refractivity contribution is 7.99. The quantitative estimate of drug-likeness (QED) is 0.453. The molecular formula is C12H19NS. The zero-order valence-electron chi connectivity index (χ0n) is 8.99. The van der Waals surface area contributed by atoms with Crippen molar-refractivity contribution in [2.45, 2.75) is 31.6 Å². The van der Waals surface area contributed by atoms with Gasteiger partial charge in [-0.05, 0) is 30.2 Å². The van der Waals surface area contributed by atoms with Crippen LogP contribution in [0.5, 0.6) is 0 Å². The SMILES string of the molecule is CC(C)CCCSc1ccccc1N. The molecule has 1 nitrogen and oxygen atoms in total. The topological polar surface area (TPSA) is 26.0 Å². The molecule has 0 spiro atoms. The largest absolute Gasteiger partial charge is 0.398 e. The van der Waals surface area contributed by atoms with Crippen LogP contribution < -0.4 is 5.73 Å². The number of hydrogen-bond acceptors (Lipinski definition) is 2. The van der Waals surface area contributed by atoms with Crippen LogP contribution in [-0.4, -0.2) is 5.75 Å². The van der Waals surface area contributed by atoms with Gasteiger partial charge in [0.05, 0.1) is 0 Å². The van der Waals surface area contributed by atoms with Gasteiger partial charge in [-0.2, -0.15) is 0 Å². The van der Waals surface area contributed by atoms with Crippen molar-refractivity contribution in [1.29, 1.82) is 0 Å². The number of para-hydroxylation sites is 1. The number of rotatable bonds is 5. The second kappa shape index (κ2) is 5.97. The van der Waals surface area contributed by atoms with E-state index in [1.165, 1.54) is 23.5 Å². The van der Waals surface area contributed by atoms with Crippen LogP contribution in [0.4, 0.5) is 5.69 Å². The smallest absolute Gasteiger partial charge is 0.0452 e. The monoisotopic (exact) mass is 209 g/mol. The summed E-state index contributed by atoms with van der Waals surface area (Å²) in [5.41, 5.74) is 6.75. The molecule has 1 aromatic carbocycles. The van der Waals surface area contributed by atoms with Crippen molar-refractivity contribution in [3.05, 3.63) is 24.3 Å². The van der Waals surface area contributed by atoms with Gasteiger partial charge in [-0.1, -0.05) is 32.4 Å². The number of anilines is 1. The van der Waals surface area contributed by atoms with E-state index in [4.69, 9.17) is 5.73 Å². The minimum absolute atomic E-state index is 0.809. The predicted octanol–water partition coefficient (Wildman–Crippen LogP) is 3.80. The fourth-order valence-corrected chi connectivity index (χ4v) is 2.23. The number of nitrogens with two attached hydrogens (primary N) is 1. The Morgan fingerprint density at radius 1 is 1.29 bits per heavy atom. The molecule has 14 heavy (non-hydrogen) atoms. The van der Waals surface area contributed by atoms with Gasteiger partial charge in [0, 0.05) is 10.6 Å². The van der Waals surface area contributed by atoms with E-state index in [9.17, 15) is 0 Å². The van der Waals surface area contributed by atoms with E-state index < -0.39 is 0 Å². The molecule has 0 saturated heterocycles. The number of thioether (sulfide) groups is 1. The van der Waals surface area contributed by atoms with Crippen LogP contribution in [0.1, 0.15) is 26.7 Å². The lowest BCUT2D eigenvalue weighted by Crippen LogP contribution is -1.91. The molecule has 78 valence electrons. The highest BCUT2D eigenvalue weighted by Crippen LogP contribution is 2.25. The molecule has 0 fully saturated rings. The Hall–Kier alpha value is -0.630. The molecule has 0 amide bonds. The maximum absolute atomic E-state index is 5.84. The van der Waals surface area contributed by atoms with Crippen molar-refractivity contribution < 1.29 is 0 Å². The fraction of sp³-hybridized carbons (Fsp3) is 0.500. The lowest BCUT2D eigenvalue weighted by Gasteiger charge is -2.06. The normalized spacial score (nSPS) is 10.8. The lowest BCUT2D eigenvalue weighted by molar-refractivity contribution is 0.579.